The van der Waals surface area contributed by atoms with Crippen molar-refractivity contribution >= 4 is 45.2 Å². The Morgan fingerprint density at radius 1 is 1.24 bits per heavy atom. The van der Waals surface area contributed by atoms with E-state index < -0.39 is 0 Å². The summed E-state index contributed by atoms with van der Waals surface area (Å²) in [5, 5.41) is 0. The van der Waals surface area contributed by atoms with Gasteiger partial charge in [-0.1, -0.05) is 0 Å². The molecule has 1 aliphatic rings. The molecule has 2 N–H and O–H groups in total. The fourth-order valence-corrected chi connectivity index (χ4v) is 3.70. The van der Waals surface area contributed by atoms with Crippen molar-refractivity contribution in [2.24, 2.45) is 0 Å². The summed E-state index contributed by atoms with van der Waals surface area (Å²) in [6, 6.07) is 5.56. The highest BCUT2D eigenvalue weighted by atomic mass is 79.9. The lowest BCUT2D eigenvalue weighted by molar-refractivity contribution is -0.136. The molecular formula is C14H18BrN3O2S. The summed E-state index contributed by atoms with van der Waals surface area (Å²) >= 11 is 4.94. The number of carbonyl (C=O) groups is 2. The summed E-state index contributed by atoms with van der Waals surface area (Å²) in [5.41, 5.74) is 6.38. The summed E-state index contributed by atoms with van der Waals surface area (Å²) in [4.78, 5) is 28.0. The lowest BCUT2D eigenvalue weighted by Gasteiger charge is -2.34. The van der Waals surface area contributed by atoms with E-state index in [1.54, 1.807) is 11.8 Å². The number of hydrogen-bond acceptors (Lipinski definition) is 4. The van der Waals surface area contributed by atoms with Gasteiger partial charge in [0.25, 0.3) is 0 Å². The highest BCUT2D eigenvalue weighted by molar-refractivity contribution is 9.10. The maximum atomic E-state index is 12.2. The summed E-state index contributed by atoms with van der Waals surface area (Å²) < 4.78 is 0.904. The van der Waals surface area contributed by atoms with Crippen molar-refractivity contribution in [1.29, 1.82) is 0 Å². The van der Waals surface area contributed by atoms with E-state index in [4.69, 9.17) is 5.73 Å². The molecule has 0 radical (unpaired) electrons. The Kier molecular flexibility index (Phi) is 5.52. The zero-order valence-corrected chi connectivity index (χ0v) is 14.2. The molecule has 0 unspecified atom stereocenters. The molecular weight excluding hydrogens is 354 g/mol. The molecule has 0 aliphatic carbocycles. The number of amides is 2. The molecule has 0 aromatic heterocycles. The quantitative estimate of drug-likeness (QED) is 0.649. The number of halogens is 1. The number of nitrogens with zero attached hydrogens (tertiary/aromatic N) is 2. The second kappa shape index (κ2) is 7.17. The number of nitrogen functional groups attached to an aromatic ring is 1. The molecule has 1 aromatic rings. The number of hydrogen-bond donors (Lipinski definition) is 1. The van der Waals surface area contributed by atoms with Crippen LogP contribution in [-0.2, 0) is 9.59 Å². The van der Waals surface area contributed by atoms with Crippen LogP contribution < -0.4 is 5.73 Å². The molecule has 0 bridgehead atoms. The summed E-state index contributed by atoms with van der Waals surface area (Å²) in [6.07, 6.45) is 0. The molecule has 0 saturated carbocycles. The number of anilines is 1. The molecule has 1 heterocycles. The van der Waals surface area contributed by atoms with E-state index in [0.29, 0.717) is 37.6 Å². The van der Waals surface area contributed by atoms with Gasteiger partial charge in [0.1, 0.15) is 0 Å². The average Bonchev–Trinajstić information content (AvgIpc) is 2.46. The Morgan fingerprint density at radius 3 is 2.43 bits per heavy atom. The van der Waals surface area contributed by atoms with Gasteiger partial charge in [-0.05, 0) is 34.1 Å². The minimum atomic E-state index is 0.0716. The smallest absolute Gasteiger partial charge is 0.233 e. The number of benzene rings is 1. The van der Waals surface area contributed by atoms with Gasteiger partial charge in [-0.2, -0.15) is 0 Å². The molecule has 2 amide bonds. The van der Waals surface area contributed by atoms with Crippen LogP contribution in [0.4, 0.5) is 5.69 Å². The lowest BCUT2D eigenvalue weighted by Crippen LogP contribution is -2.50. The van der Waals surface area contributed by atoms with Crippen molar-refractivity contribution in [3.8, 4) is 0 Å². The number of piperazine rings is 1. The Bertz CT molecular complexity index is 545. The van der Waals surface area contributed by atoms with Crippen LogP contribution in [-0.4, -0.2) is 53.5 Å². The largest absolute Gasteiger partial charge is 0.399 e. The van der Waals surface area contributed by atoms with Gasteiger partial charge in [0.15, 0.2) is 0 Å². The standard InChI is InChI=1S/C14H18BrN3O2S/c1-10(19)17-4-6-18(7-5-17)14(20)9-21-13-3-2-11(16)8-12(13)15/h2-3,8H,4-7,9,16H2,1H3. The average molecular weight is 372 g/mol. The topological polar surface area (TPSA) is 66.6 Å². The van der Waals surface area contributed by atoms with Crippen LogP contribution in [0.25, 0.3) is 0 Å². The van der Waals surface area contributed by atoms with E-state index in [1.165, 1.54) is 11.8 Å². The predicted octanol–water partition coefficient (Wildman–Crippen LogP) is 1.81. The normalized spacial score (nSPS) is 15.1. The Labute approximate surface area is 137 Å². The van der Waals surface area contributed by atoms with E-state index in [-0.39, 0.29) is 11.8 Å². The van der Waals surface area contributed by atoms with Crippen LogP contribution in [0.5, 0.6) is 0 Å². The van der Waals surface area contributed by atoms with Crippen molar-refractivity contribution in [1.82, 2.24) is 9.80 Å². The molecule has 0 spiro atoms. The second-order valence-electron chi connectivity index (χ2n) is 4.87. The highest BCUT2D eigenvalue weighted by Crippen LogP contribution is 2.29. The van der Waals surface area contributed by atoms with Gasteiger partial charge in [0, 0.05) is 48.2 Å². The highest BCUT2D eigenvalue weighted by Gasteiger charge is 2.22. The van der Waals surface area contributed by atoms with Gasteiger partial charge >= 0.3 is 0 Å². The maximum Gasteiger partial charge on any atom is 0.233 e. The Balaban J connectivity index is 1.84. The third-order valence-electron chi connectivity index (χ3n) is 3.38. The summed E-state index contributed by atoms with van der Waals surface area (Å²) in [5.74, 6) is 0.567. The lowest BCUT2D eigenvalue weighted by atomic mass is 10.3. The van der Waals surface area contributed by atoms with Crippen LogP contribution in [0.1, 0.15) is 6.92 Å². The Morgan fingerprint density at radius 2 is 1.86 bits per heavy atom. The first-order valence-electron chi connectivity index (χ1n) is 6.68. The molecule has 5 nitrogen and oxygen atoms in total. The summed E-state index contributed by atoms with van der Waals surface area (Å²) in [7, 11) is 0. The number of thioether (sulfide) groups is 1. The fourth-order valence-electron chi connectivity index (χ4n) is 2.14. The zero-order valence-electron chi connectivity index (χ0n) is 11.8. The van der Waals surface area contributed by atoms with Gasteiger partial charge in [-0.3, -0.25) is 9.59 Å². The Hall–Kier alpha value is -1.21. The molecule has 1 fully saturated rings. The monoisotopic (exact) mass is 371 g/mol. The van der Waals surface area contributed by atoms with Crippen LogP contribution in [0.3, 0.4) is 0 Å². The molecule has 0 atom stereocenters. The van der Waals surface area contributed by atoms with Crippen molar-refractivity contribution < 1.29 is 9.59 Å². The minimum Gasteiger partial charge on any atom is -0.399 e. The molecule has 7 heteroatoms. The molecule has 2 rings (SSSR count). The van der Waals surface area contributed by atoms with Crippen LogP contribution in [0.2, 0.25) is 0 Å². The molecule has 1 aliphatic heterocycles. The third kappa shape index (κ3) is 4.38. The molecule has 114 valence electrons. The first-order chi connectivity index (χ1) is 9.97. The SMILES string of the molecule is CC(=O)N1CCN(C(=O)CSc2ccc(N)cc2Br)CC1. The van der Waals surface area contributed by atoms with Gasteiger partial charge in [-0.25, -0.2) is 0 Å². The van der Waals surface area contributed by atoms with Crippen LogP contribution in [0.15, 0.2) is 27.6 Å². The van der Waals surface area contributed by atoms with Gasteiger partial charge in [-0.15, -0.1) is 11.8 Å². The first kappa shape index (κ1) is 16.2. The van der Waals surface area contributed by atoms with E-state index >= 15 is 0 Å². The van der Waals surface area contributed by atoms with Crippen LogP contribution >= 0.6 is 27.7 Å². The predicted molar refractivity (Wildman–Crippen MR) is 88.1 cm³/mol. The molecule has 21 heavy (non-hydrogen) atoms. The van der Waals surface area contributed by atoms with E-state index in [0.717, 1.165) is 9.37 Å². The van der Waals surface area contributed by atoms with E-state index in [2.05, 4.69) is 15.9 Å². The van der Waals surface area contributed by atoms with Gasteiger partial charge < -0.3 is 15.5 Å². The van der Waals surface area contributed by atoms with Crippen molar-refractivity contribution in [3.05, 3.63) is 22.7 Å². The van der Waals surface area contributed by atoms with Gasteiger partial charge in [0.2, 0.25) is 11.8 Å². The van der Waals surface area contributed by atoms with E-state index in [9.17, 15) is 9.59 Å². The van der Waals surface area contributed by atoms with Crippen molar-refractivity contribution in [2.45, 2.75) is 11.8 Å². The van der Waals surface area contributed by atoms with Gasteiger partial charge in [0.05, 0.1) is 5.75 Å². The molecule has 1 aromatic carbocycles. The van der Waals surface area contributed by atoms with Crippen molar-refractivity contribution in [3.63, 3.8) is 0 Å². The number of rotatable bonds is 3. The zero-order chi connectivity index (χ0) is 15.4. The van der Waals surface area contributed by atoms with E-state index in [1.807, 2.05) is 23.1 Å². The maximum absolute atomic E-state index is 12.2. The fraction of sp³-hybridized carbons (Fsp3) is 0.429. The number of carbonyl (C=O) groups excluding carboxylic acids is 2. The first-order valence-corrected chi connectivity index (χ1v) is 8.46. The second-order valence-corrected chi connectivity index (χ2v) is 6.74. The third-order valence-corrected chi connectivity index (χ3v) is 5.36. The minimum absolute atomic E-state index is 0.0716. The molecule has 1 saturated heterocycles. The van der Waals surface area contributed by atoms with Crippen molar-refractivity contribution in [2.75, 3.05) is 37.7 Å². The van der Waals surface area contributed by atoms with Crippen LogP contribution in [0, 0.1) is 0 Å². The summed E-state index contributed by atoms with van der Waals surface area (Å²) in [6.45, 7) is 4.03. The number of nitrogens with two attached hydrogens (primary N) is 1.